The van der Waals surface area contributed by atoms with Gasteiger partial charge in [0, 0.05) is 11.3 Å². The summed E-state index contributed by atoms with van der Waals surface area (Å²) in [5, 5.41) is 8.41. The molecule has 4 nitrogen and oxygen atoms in total. The molecule has 0 bridgehead atoms. The number of nitriles is 1. The van der Waals surface area contributed by atoms with Crippen molar-refractivity contribution in [3.05, 3.63) is 22.5 Å². The topological polar surface area (TPSA) is 65.9 Å². The molecule has 0 saturated carbocycles. The summed E-state index contributed by atoms with van der Waals surface area (Å²) < 4.78 is 4.93. The fraction of sp³-hybridized carbons (Fsp3) is 0.385. The molecule has 0 unspecified atom stereocenters. The summed E-state index contributed by atoms with van der Waals surface area (Å²) in [4.78, 5) is 14.6. The number of aromatic nitrogens is 1. The molecule has 0 atom stereocenters. The van der Waals surface area contributed by atoms with Crippen molar-refractivity contribution in [1.82, 2.24) is 4.98 Å². The molecular weight excluding hydrogens is 216 g/mol. The van der Waals surface area contributed by atoms with Crippen LogP contribution in [-0.2, 0) is 4.74 Å². The van der Waals surface area contributed by atoms with Gasteiger partial charge in [-0.3, -0.25) is 0 Å². The smallest absolute Gasteiger partial charge is 0.355 e. The van der Waals surface area contributed by atoms with E-state index in [4.69, 9.17) is 10.00 Å². The minimum absolute atomic E-state index is 0.179. The van der Waals surface area contributed by atoms with Crippen LogP contribution in [0.1, 0.15) is 40.7 Å². The largest absolute Gasteiger partial charge is 0.461 e. The molecule has 0 aromatic carbocycles. The SMILES string of the molecule is CCOC(=O)c1[nH]c(C)c(C#CCC#N)c1C. The highest BCUT2D eigenvalue weighted by Gasteiger charge is 2.16. The maximum absolute atomic E-state index is 11.6. The Labute approximate surface area is 101 Å². The first-order valence-corrected chi connectivity index (χ1v) is 5.33. The fourth-order valence-corrected chi connectivity index (χ4v) is 1.52. The van der Waals surface area contributed by atoms with Gasteiger partial charge in [0.25, 0.3) is 0 Å². The van der Waals surface area contributed by atoms with E-state index in [1.807, 2.05) is 19.9 Å². The molecular formula is C13H14N2O2. The molecule has 1 heterocycles. The van der Waals surface area contributed by atoms with Crippen LogP contribution in [0.5, 0.6) is 0 Å². The van der Waals surface area contributed by atoms with Gasteiger partial charge in [0.05, 0.1) is 19.1 Å². The number of ether oxygens (including phenoxy) is 1. The zero-order valence-corrected chi connectivity index (χ0v) is 10.2. The van der Waals surface area contributed by atoms with Crippen LogP contribution in [0.25, 0.3) is 0 Å². The molecule has 0 radical (unpaired) electrons. The zero-order valence-electron chi connectivity index (χ0n) is 10.2. The summed E-state index contributed by atoms with van der Waals surface area (Å²) in [5.74, 6) is 5.25. The third-order valence-electron chi connectivity index (χ3n) is 2.30. The molecule has 0 fully saturated rings. The number of aryl methyl sites for hydroxylation is 1. The molecule has 1 rings (SSSR count). The lowest BCUT2D eigenvalue weighted by atomic mass is 10.1. The number of aromatic amines is 1. The van der Waals surface area contributed by atoms with Gasteiger partial charge in [0.1, 0.15) is 5.69 Å². The predicted octanol–water partition coefficient (Wildman–Crippen LogP) is 2.07. The summed E-state index contributed by atoms with van der Waals surface area (Å²) in [5.41, 5.74) is 2.79. The normalized spacial score (nSPS) is 9.06. The molecule has 0 spiro atoms. The highest BCUT2D eigenvalue weighted by molar-refractivity contribution is 5.90. The Morgan fingerprint density at radius 2 is 2.18 bits per heavy atom. The lowest BCUT2D eigenvalue weighted by Crippen LogP contribution is -2.06. The predicted molar refractivity (Wildman–Crippen MR) is 63.3 cm³/mol. The lowest BCUT2D eigenvalue weighted by molar-refractivity contribution is 0.0519. The Bertz CT molecular complexity index is 524. The van der Waals surface area contributed by atoms with Gasteiger partial charge in [-0.25, -0.2) is 4.79 Å². The average Bonchev–Trinajstić information content (AvgIpc) is 2.57. The summed E-state index contributed by atoms with van der Waals surface area (Å²) in [6.07, 6.45) is 0.179. The molecule has 0 amide bonds. The highest BCUT2D eigenvalue weighted by Crippen LogP contribution is 2.17. The van der Waals surface area contributed by atoms with Crippen molar-refractivity contribution >= 4 is 5.97 Å². The van der Waals surface area contributed by atoms with Crippen LogP contribution in [0, 0.1) is 37.0 Å². The van der Waals surface area contributed by atoms with E-state index in [0.717, 1.165) is 16.8 Å². The van der Waals surface area contributed by atoms with Crippen LogP contribution >= 0.6 is 0 Å². The van der Waals surface area contributed by atoms with E-state index in [9.17, 15) is 4.79 Å². The molecule has 1 aromatic heterocycles. The molecule has 4 heteroatoms. The minimum Gasteiger partial charge on any atom is -0.461 e. The summed E-state index contributed by atoms with van der Waals surface area (Å²) >= 11 is 0. The number of carbonyl (C=O) groups is 1. The number of rotatable bonds is 2. The highest BCUT2D eigenvalue weighted by atomic mass is 16.5. The van der Waals surface area contributed by atoms with E-state index in [0.29, 0.717) is 12.3 Å². The van der Waals surface area contributed by atoms with E-state index in [2.05, 4.69) is 16.8 Å². The first-order valence-electron chi connectivity index (χ1n) is 5.33. The number of nitrogens with one attached hydrogen (secondary N) is 1. The average molecular weight is 230 g/mol. The summed E-state index contributed by atoms with van der Waals surface area (Å²) in [6.45, 7) is 5.75. The van der Waals surface area contributed by atoms with E-state index >= 15 is 0 Å². The van der Waals surface area contributed by atoms with E-state index in [1.165, 1.54) is 0 Å². The number of nitrogens with zero attached hydrogens (tertiary/aromatic N) is 1. The Kier molecular flexibility index (Phi) is 4.37. The van der Waals surface area contributed by atoms with Crippen LogP contribution in [0.15, 0.2) is 0 Å². The summed E-state index contributed by atoms with van der Waals surface area (Å²) in [6, 6.07) is 1.95. The van der Waals surface area contributed by atoms with Gasteiger partial charge in [0.15, 0.2) is 0 Å². The number of hydrogen-bond acceptors (Lipinski definition) is 3. The maximum atomic E-state index is 11.6. The standard InChI is InChI=1S/C13H14N2O2/c1-4-17-13(16)12-9(2)11(10(3)15-12)7-5-6-8-14/h15H,4,6H2,1-3H3. The zero-order chi connectivity index (χ0) is 12.8. The second-order valence-electron chi connectivity index (χ2n) is 3.48. The number of carbonyl (C=O) groups excluding carboxylic acids is 1. The van der Waals surface area contributed by atoms with Gasteiger partial charge >= 0.3 is 5.97 Å². The van der Waals surface area contributed by atoms with E-state index in [-0.39, 0.29) is 12.4 Å². The first-order chi connectivity index (χ1) is 8.11. The fourth-order valence-electron chi connectivity index (χ4n) is 1.52. The molecule has 0 aliphatic heterocycles. The Morgan fingerprint density at radius 1 is 1.47 bits per heavy atom. The second-order valence-corrected chi connectivity index (χ2v) is 3.48. The van der Waals surface area contributed by atoms with Crippen molar-refractivity contribution in [3.63, 3.8) is 0 Å². The minimum atomic E-state index is -0.374. The third kappa shape index (κ3) is 2.89. The van der Waals surface area contributed by atoms with E-state index in [1.54, 1.807) is 6.92 Å². The number of esters is 1. The molecule has 17 heavy (non-hydrogen) atoms. The molecule has 0 aliphatic rings. The summed E-state index contributed by atoms with van der Waals surface area (Å²) in [7, 11) is 0. The van der Waals surface area contributed by atoms with Gasteiger partial charge in [0.2, 0.25) is 0 Å². The number of H-pyrrole nitrogens is 1. The third-order valence-corrected chi connectivity index (χ3v) is 2.30. The van der Waals surface area contributed by atoms with Crippen LogP contribution < -0.4 is 0 Å². The van der Waals surface area contributed by atoms with E-state index < -0.39 is 0 Å². The van der Waals surface area contributed by atoms with Crippen molar-refractivity contribution < 1.29 is 9.53 Å². The lowest BCUT2D eigenvalue weighted by Gasteiger charge is -1.99. The molecule has 1 aromatic rings. The van der Waals surface area contributed by atoms with Crippen molar-refractivity contribution in [2.24, 2.45) is 0 Å². The van der Waals surface area contributed by atoms with Crippen LogP contribution in [-0.4, -0.2) is 17.6 Å². The molecule has 0 saturated heterocycles. The van der Waals surface area contributed by atoms with Gasteiger partial charge in [-0.2, -0.15) is 5.26 Å². The maximum Gasteiger partial charge on any atom is 0.355 e. The van der Waals surface area contributed by atoms with Gasteiger partial charge in [-0.05, 0) is 26.3 Å². The monoisotopic (exact) mass is 230 g/mol. The Balaban J connectivity index is 3.08. The molecule has 1 N–H and O–H groups in total. The van der Waals surface area contributed by atoms with Crippen molar-refractivity contribution in [2.45, 2.75) is 27.2 Å². The van der Waals surface area contributed by atoms with Crippen LogP contribution in [0.3, 0.4) is 0 Å². The van der Waals surface area contributed by atoms with Crippen molar-refractivity contribution in [1.29, 1.82) is 5.26 Å². The Hall–Kier alpha value is -2.20. The van der Waals surface area contributed by atoms with Gasteiger partial charge < -0.3 is 9.72 Å². The van der Waals surface area contributed by atoms with Crippen LogP contribution in [0.4, 0.5) is 0 Å². The second kappa shape index (κ2) is 5.77. The number of hydrogen-bond donors (Lipinski definition) is 1. The van der Waals surface area contributed by atoms with Crippen molar-refractivity contribution in [3.8, 4) is 17.9 Å². The van der Waals surface area contributed by atoms with Gasteiger partial charge in [-0.1, -0.05) is 11.8 Å². The van der Waals surface area contributed by atoms with Gasteiger partial charge in [-0.15, -0.1) is 0 Å². The molecule has 88 valence electrons. The molecule has 0 aliphatic carbocycles. The van der Waals surface area contributed by atoms with Crippen molar-refractivity contribution in [2.75, 3.05) is 6.61 Å². The first kappa shape index (κ1) is 12.9. The quantitative estimate of drug-likeness (QED) is 0.624. The van der Waals surface area contributed by atoms with Crippen LogP contribution in [0.2, 0.25) is 0 Å². The Morgan fingerprint density at radius 3 is 2.76 bits per heavy atom.